The number of aromatic nitrogens is 1. The number of rotatable bonds is 4. The highest BCUT2D eigenvalue weighted by Gasteiger charge is 2.23. The molecule has 0 aliphatic carbocycles. The molecule has 94 valence electrons. The first-order chi connectivity index (χ1) is 8.29. The van der Waals surface area contributed by atoms with Crippen molar-refractivity contribution in [3.63, 3.8) is 0 Å². The van der Waals surface area contributed by atoms with Gasteiger partial charge in [0, 0.05) is 51.2 Å². The predicted molar refractivity (Wildman–Crippen MR) is 69.9 cm³/mol. The quantitative estimate of drug-likeness (QED) is 0.808. The molecule has 4 heteroatoms. The Balaban J connectivity index is 1.85. The van der Waals surface area contributed by atoms with Crippen LogP contribution >= 0.6 is 0 Å². The molecule has 1 aromatic heterocycles. The van der Waals surface area contributed by atoms with Crippen LogP contribution in [0.15, 0.2) is 24.5 Å². The van der Waals surface area contributed by atoms with Crippen LogP contribution in [-0.2, 0) is 6.42 Å². The highest BCUT2D eigenvalue weighted by atomic mass is 15.3. The number of likely N-dealkylation sites (N-methyl/N-ethyl adjacent to an activating group) is 1. The second-order valence-electron chi connectivity index (χ2n) is 4.79. The lowest BCUT2D eigenvalue weighted by molar-refractivity contribution is 0.0955. The fourth-order valence-electron chi connectivity index (χ4n) is 2.39. The molecule has 0 spiro atoms. The van der Waals surface area contributed by atoms with Crippen molar-refractivity contribution < 1.29 is 0 Å². The highest BCUT2D eigenvalue weighted by molar-refractivity contribution is 5.10. The third-order valence-corrected chi connectivity index (χ3v) is 3.52. The van der Waals surface area contributed by atoms with E-state index in [9.17, 15) is 0 Å². The maximum atomic E-state index is 5.85. The van der Waals surface area contributed by atoms with Crippen LogP contribution in [0.25, 0.3) is 0 Å². The molecule has 2 N–H and O–H groups in total. The number of hydrogen-bond acceptors (Lipinski definition) is 4. The first-order valence-electron chi connectivity index (χ1n) is 6.31. The van der Waals surface area contributed by atoms with E-state index >= 15 is 0 Å². The molecule has 2 heterocycles. The van der Waals surface area contributed by atoms with Gasteiger partial charge in [-0.05, 0) is 31.2 Å². The molecule has 2 rings (SSSR count). The van der Waals surface area contributed by atoms with Crippen LogP contribution in [0.4, 0.5) is 0 Å². The summed E-state index contributed by atoms with van der Waals surface area (Å²) in [6.45, 7) is 5.21. The normalized spacial score (nSPS) is 22.8. The molecule has 0 saturated carbocycles. The average molecular weight is 234 g/mol. The van der Waals surface area contributed by atoms with Gasteiger partial charge in [0.25, 0.3) is 0 Å². The molecule has 1 aliphatic rings. The van der Waals surface area contributed by atoms with Crippen LogP contribution in [0.3, 0.4) is 0 Å². The Morgan fingerprint density at radius 3 is 2.82 bits per heavy atom. The minimum atomic E-state index is 0.510. The van der Waals surface area contributed by atoms with Crippen molar-refractivity contribution in [1.82, 2.24) is 14.8 Å². The first kappa shape index (κ1) is 12.5. The van der Waals surface area contributed by atoms with Crippen LogP contribution < -0.4 is 5.73 Å². The Kier molecular flexibility index (Phi) is 4.48. The van der Waals surface area contributed by atoms with Crippen molar-refractivity contribution in [2.24, 2.45) is 5.73 Å². The van der Waals surface area contributed by atoms with Crippen molar-refractivity contribution in [3.8, 4) is 0 Å². The molecule has 0 aromatic carbocycles. The zero-order chi connectivity index (χ0) is 12.1. The van der Waals surface area contributed by atoms with Crippen molar-refractivity contribution in [2.45, 2.75) is 12.5 Å². The van der Waals surface area contributed by atoms with Gasteiger partial charge in [0.1, 0.15) is 0 Å². The smallest absolute Gasteiger partial charge is 0.0346 e. The highest BCUT2D eigenvalue weighted by Crippen LogP contribution is 2.09. The summed E-state index contributed by atoms with van der Waals surface area (Å²) in [5.74, 6) is 0. The molecule has 1 atom stereocenters. The van der Waals surface area contributed by atoms with Crippen LogP contribution in [0.2, 0.25) is 0 Å². The predicted octanol–water partition coefficient (Wildman–Crippen LogP) is 0.199. The van der Waals surface area contributed by atoms with Gasteiger partial charge in [0.2, 0.25) is 0 Å². The Morgan fingerprint density at radius 2 is 2.12 bits per heavy atom. The summed E-state index contributed by atoms with van der Waals surface area (Å²) in [6.07, 6.45) is 4.81. The van der Waals surface area contributed by atoms with E-state index in [0.29, 0.717) is 6.04 Å². The molecule has 0 amide bonds. The molecule has 1 aliphatic heterocycles. The summed E-state index contributed by atoms with van der Waals surface area (Å²) in [5.41, 5.74) is 7.20. The molecule has 17 heavy (non-hydrogen) atoms. The average Bonchev–Trinajstić information content (AvgIpc) is 2.38. The maximum Gasteiger partial charge on any atom is 0.0346 e. The van der Waals surface area contributed by atoms with E-state index in [1.165, 1.54) is 5.56 Å². The molecule has 0 bridgehead atoms. The van der Waals surface area contributed by atoms with E-state index in [1.54, 1.807) is 0 Å². The zero-order valence-electron chi connectivity index (χ0n) is 10.5. The molecule has 1 unspecified atom stereocenters. The summed E-state index contributed by atoms with van der Waals surface area (Å²) in [4.78, 5) is 8.92. The van der Waals surface area contributed by atoms with Crippen molar-refractivity contribution >= 4 is 0 Å². The van der Waals surface area contributed by atoms with E-state index < -0.39 is 0 Å². The number of pyridine rings is 1. The molecule has 1 fully saturated rings. The Morgan fingerprint density at radius 1 is 1.35 bits per heavy atom. The summed E-state index contributed by atoms with van der Waals surface area (Å²) in [6, 6.07) is 4.69. The second kappa shape index (κ2) is 6.10. The summed E-state index contributed by atoms with van der Waals surface area (Å²) in [7, 11) is 2.17. The standard InChI is InChI=1S/C13H22N4/c1-16-8-9-17(13(10-14)11-16)7-4-12-2-5-15-6-3-12/h2-3,5-6,13H,4,7-11,14H2,1H3. The Bertz CT molecular complexity index is 327. The van der Waals surface area contributed by atoms with Gasteiger partial charge >= 0.3 is 0 Å². The van der Waals surface area contributed by atoms with Crippen LogP contribution in [0.1, 0.15) is 5.56 Å². The van der Waals surface area contributed by atoms with E-state index in [4.69, 9.17) is 5.73 Å². The van der Waals surface area contributed by atoms with Crippen molar-refractivity contribution in [1.29, 1.82) is 0 Å². The van der Waals surface area contributed by atoms with Gasteiger partial charge in [-0.3, -0.25) is 9.88 Å². The summed E-state index contributed by atoms with van der Waals surface area (Å²) in [5, 5.41) is 0. The van der Waals surface area contributed by atoms with Gasteiger partial charge < -0.3 is 10.6 Å². The number of nitrogens with two attached hydrogens (primary N) is 1. The van der Waals surface area contributed by atoms with Crippen molar-refractivity contribution in [2.75, 3.05) is 39.8 Å². The maximum absolute atomic E-state index is 5.85. The summed E-state index contributed by atoms with van der Waals surface area (Å²) >= 11 is 0. The van der Waals surface area contributed by atoms with E-state index in [1.807, 2.05) is 12.4 Å². The van der Waals surface area contributed by atoms with Crippen LogP contribution in [0, 0.1) is 0 Å². The van der Waals surface area contributed by atoms with Crippen LogP contribution in [-0.4, -0.2) is 60.6 Å². The van der Waals surface area contributed by atoms with Gasteiger partial charge in [-0.2, -0.15) is 0 Å². The van der Waals surface area contributed by atoms with E-state index in [0.717, 1.165) is 39.1 Å². The lowest BCUT2D eigenvalue weighted by atomic mass is 10.1. The minimum absolute atomic E-state index is 0.510. The molecule has 1 saturated heterocycles. The Labute approximate surface area is 103 Å². The van der Waals surface area contributed by atoms with E-state index in [2.05, 4.69) is 34.0 Å². The van der Waals surface area contributed by atoms with Crippen molar-refractivity contribution in [3.05, 3.63) is 30.1 Å². The van der Waals surface area contributed by atoms with E-state index in [-0.39, 0.29) is 0 Å². The van der Waals surface area contributed by atoms with Gasteiger partial charge in [-0.25, -0.2) is 0 Å². The molecular weight excluding hydrogens is 212 g/mol. The lowest BCUT2D eigenvalue weighted by Crippen LogP contribution is -2.55. The molecule has 0 radical (unpaired) electrons. The van der Waals surface area contributed by atoms with Gasteiger partial charge in [-0.15, -0.1) is 0 Å². The third-order valence-electron chi connectivity index (χ3n) is 3.52. The topological polar surface area (TPSA) is 45.4 Å². The SMILES string of the molecule is CN1CCN(CCc2ccncc2)C(CN)C1. The largest absolute Gasteiger partial charge is 0.329 e. The lowest BCUT2D eigenvalue weighted by Gasteiger charge is -2.39. The first-order valence-corrected chi connectivity index (χ1v) is 6.31. The summed E-state index contributed by atoms with van der Waals surface area (Å²) < 4.78 is 0. The molecule has 1 aromatic rings. The fourth-order valence-corrected chi connectivity index (χ4v) is 2.39. The number of hydrogen-bond donors (Lipinski definition) is 1. The molecular formula is C13H22N4. The zero-order valence-corrected chi connectivity index (χ0v) is 10.5. The third kappa shape index (κ3) is 3.49. The fraction of sp³-hybridized carbons (Fsp3) is 0.615. The minimum Gasteiger partial charge on any atom is -0.329 e. The Hall–Kier alpha value is -0.970. The van der Waals surface area contributed by atoms with Gasteiger partial charge in [-0.1, -0.05) is 0 Å². The number of piperazine rings is 1. The van der Waals surface area contributed by atoms with Crippen LogP contribution in [0.5, 0.6) is 0 Å². The monoisotopic (exact) mass is 234 g/mol. The van der Waals surface area contributed by atoms with Gasteiger partial charge in [0.15, 0.2) is 0 Å². The second-order valence-corrected chi connectivity index (χ2v) is 4.79. The molecule has 4 nitrogen and oxygen atoms in total. The number of nitrogens with zero attached hydrogens (tertiary/aromatic N) is 3. The van der Waals surface area contributed by atoms with Gasteiger partial charge in [0.05, 0.1) is 0 Å².